The van der Waals surface area contributed by atoms with E-state index in [4.69, 9.17) is 0 Å². The largest absolute Gasteiger partial charge is 0.114 e. The van der Waals surface area contributed by atoms with Gasteiger partial charge in [0, 0.05) is 52.7 Å². The average Bonchev–Trinajstić information content (AvgIpc) is 0.688. The highest BCUT2D eigenvalue weighted by atomic mass is 14.5. The molecule has 0 fully saturated rings. The Morgan fingerprint density at radius 3 is 1.08 bits per heavy atom. The first kappa shape index (κ1) is 58.6. The molecule has 462 valence electrons. The third kappa shape index (κ3) is 8.47. The molecule has 0 nitrogen and oxygen atoms in total. The second kappa shape index (κ2) is 21.3. The summed E-state index contributed by atoms with van der Waals surface area (Å²) in [4.78, 5) is 0. The Morgan fingerprint density at radius 2 is 0.732 bits per heavy atom. The molecule has 20 rings (SSSR count). The smallest absolute Gasteiger partial charge is 0.107 e. The van der Waals surface area contributed by atoms with Crippen molar-refractivity contribution in [2.45, 2.75) is 97.3 Å². The van der Waals surface area contributed by atoms with Crippen LogP contribution >= 0.6 is 0 Å². The predicted octanol–water partition coefficient (Wildman–Crippen LogP) is 20.8. The fraction of sp³-hybridized carbons (Fsp3) is 0.165. The lowest BCUT2D eigenvalue weighted by Crippen LogP contribution is -2.41. The zero-order valence-corrected chi connectivity index (χ0v) is 56.9. The van der Waals surface area contributed by atoms with Crippen LogP contribution < -0.4 is 10.4 Å². The van der Waals surface area contributed by atoms with Gasteiger partial charge in [-0.2, -0.15) is 0 Å². The van der Waals surface area contributed by atoms with Gasteiger partial charge in [-0.25, -0.2) is 0 Å². The topological polar surface area (TPSA) is 0 Å². The molecule has 12 aromatic carbocycles. The van der Waals surface area contributed by atoms with Crippen molar-refractivity contribution in [2.24, 2.45) is 5.41 Å². The van der Waals surface area contributed by atoms with Crippen LogP contribution in [-0.4, -0.2) is 0 Å². The summed E-state index contributed by atoms with van der Waals surface area (Å²) < 4.78 is 0. The minimum absolute atomic E-state index is 0.00596. The second-order valence-electron chi connectivity index (χ2n) is 30.1. The van der Waals surface area contributed by atoms with Gasteiger partial charge in [-0.3, -0.25) is 0 Å². The molecular weight excluding hydrogens is 1170 g/mol. The molecule has 0 heteroatoms. The van der Waals surface area contributed by atoms with E-state index in [9.17, 15) is 0 Å². The first-order chi connectivity index (χ1) is 47.0. The number of allylic oxidation sites excluding steroid dienone is 4. The molecule has 8 aliphatic carbocycles. The van der Waals surface area contributed by atoms with Crippen LogP contribution in [-0.2, 0) is 16.2 Å². The van der Waals surface area contributed by atoms with Gasteiger partial charge in [-0.15, -0.1) is 5.73 Å². The van der Waals surface area contributed by atoms with Crippen LogP contribution in [0.2, 0.25) is 0 Å². The second-order valence-corrected chi connectivity index (χ2v) is 30.1. The Labute approximate surface area is 571 Å². The van der Waals surface area contributed by atoms with E-state index in [1.54, 1.807) is 0 Å². The summed E-state index contributed by atoms with van der Waals surface area (Å²) in [5.74, 6) is 19.2. The lowest BCUT2D eigenvalue weighted by molar-refractivity contribution is 0.472. The molecule has 0 spiro atoms. The third-order valence-corrected chi connectivity index (χ3v) is 22.4. The van der Waals surface area contributed by atoms with Crippen molar-refractivity contribution >= 4 is 38.4 Å². The van der Waals surface area contributed by atoms with E-state index >= 15 is 0 Å². The molecule has 0 N–H and O–H groups in total. The van der Waals surface area contributed by atoms with E-state index in [0.717, 1.165) is 54.9 Å². The van der Waals surface area contributed by atoms with Gasteiger partial charge in [0.15, 0.2) is 0 Å². The molecule has 8 aliphatic rings. The van der Waals surface area contributed by atoms with E-state index in [1.807, 2.05) is 0 Å². The number of hydrogen-bond acceptors (Lipinski definition) is 0. The fourth-order valence-electron chi connectivity index (χ4n) is 18.2. The van der Waals surface area contributed by atoms with Crippen LogP contribution in [0.25, 0.3) is 38.4 Å². The SMILES string of the molecule is CC1=C[C+](C(C)(C)C)C=C(C)C1=c1c2ccccc2c(=C=C2c3cc(C#CC45c6ccccc6C(c6ccccc64)c4ccccc45)ccc3[C-](c3c(C)cc(C(C)(C)C)cc3C)c3ccc(C#CC45c6ccccc6C(c6ccccc64)c4ccccc45)cc32)c2ccccc12. The summed E-state index contributed by atoms with van der Waals surface area (Å²) in [6, 6.07) is 91.6. The highest BCUT2D eigenvalue weighted by Crippen LogP contribution is 2.61. The maximum atomic E-state index is 4.45. The molecular formula is C97H74. The number of hydrogen-bond donors (Lipinski definition) is 0. The minimum atomic E-state index is -0.693. The predicted molar refractivity (Wildman–Crippen MR) is 402 cm³/mol. The van der Waals surface area contributed by atoms with Gasteiger partial charge >= 0.3 is 0 Å². The first-order valence-electron chi connectivity index (χ1n) is 34.6. The van der Waals surface area contributed by atoms with Crippen LogP contribution in [0.1, 0.15) is 190 Å². The van der Waals surface area contributed by atoms with Gasteiger partial charge in [0.1, 0.15) is 10.8 Å². The van der Waals surface area contributed by atoms with Crippen molar-refractivity contribution in [1.82, 2.24) is 0 Å². The average molecular weight is 1240 g/mol. The summed E-state index contributed by atoms with van der Waals surface area (Å²) in [5.41, 5.74) is 35.0. The van der Waals surface area contributed by atoms with Crippen LogP contribution in [0, 0.1) is 54.8 Å². The Bertz CT molecular complexity index is 5300. The normalized spacial score (nSPS) is 18.7. The van der Waals surface area contributed by atoms with E-state index in [1.165, 1.54) is 134 Å². The molecule has 0 atom stereocenters. The maximum absolute atomic E-state index is 4.45. The lowest BCUT2D eigenvalue weighted by atomic mass is 9.53. The van der Waals surface area contributed by atoms with Crippen molar-refractivity contribution in [3.8, 4) is 23.7 Å². The standard InChI is InChI=1S/C97H74/c1-58-51-64(94(5,6)7)52-59(2)88(58)92-68-29-13-11-27-66(68)80(67-28-12-14-30-69(67)92)57-81-78-55-62(47-49-96-82-37-21-15-31-72(82)90(73-32-16-22-38-83(73)96)74-33-17-23-39-84(74)96)43-45-70(78)93(89-60(3)53-65(54-61(89)4)95(8,9)10)71-46-44-63(56-79(71)81)48-50-97-85-40-24-18-34-75(85)91(76-35-19-25-41-86(76)97)77-36-20-26-42-87(77)97/h11-46,51-56,90-91H,1-10H3. The molecule has 0 heterocycles. The van der Waals surface area contributed by atoms with Crippen molar-refractivity contribution in [3.05, 3.63) is 411 Å². The molecule has 0 radical (unpaired) electrons. The zero-order valence-electron chi connectivity index (χ0n) is 56.9. The van der Waals surface area contributed by atoms with Crippen LogP contribution in [0.15, 0.2) is 266 Å². The lowest BCUT2D eigenvalue weighted by Gasteiger charge is -2.48. The quantitative estimate of drug-likeness (QED) is 0.0873. The molecule has 4 bridgehead atoms. The maximum Gasteiger partial charge on any atom is 0.107 e. The zero-order chi connectivity index (χ0) is 66.0. The fourth-order valence-corrected chi connectivity index (χ4v) is 18.2. The summed E-state index contributed by atoms with van der Waals surface area (Å²) in [6.45, 7) is 23.2. The van der Waals surface area contributed by atoms with E-state index in [0.29, 0.717) is 0 Å². The molecule has 0 aromatic heterocycles. The van der Waals surface area contributed by atoms with Gasteiger partial charge in [0.05, 0.1) is 34.8 Å². The molecule has 0 amide bonds. The van der Waals surface area contributed by atoms with Gasteiger partial charge < -0.3 is 0 Å². The minimum Gasteiger partial charge on any atom is -0.114 e. The molecule has 0 unspecified atom stereocenters. The van der Waals surface area contributed by atoms with E-state index < -0.39 is 10.8 Å². The van der Waals surface area contributed by atoms with Crippen molar-refractivity contribution in [1.29, 1.82) is 0 Å². The van der Waals surface area contributed by atoms with Crippen LogP contribution in [0.4, 0.5) is 0 Å². The van der Waals surface area contributed by atoms with Gasteiger partial charge in [-0.1, -0.05) is 351 Å². The summed E-state index contributed by atoms with van der Waals surface area (Å²) in [6.07, 6.45) is 4.84. The van der Waals surface area contributed by atoms with Crippen molar-refractivity contribution in [3.63, 3.8) is 0 Å². The molecule has 0 aliphatic heterocycles. The van der Waals surface area contributed by atoms with E-state index in [-0.39, 0.29) is 22.7 Å². The summed E-state index contributed by atoms with van der Waals surface area (Å²) in [7, 11) is 0. The Balaban J connectivity index is 0.960. The number of aryl methyl sites for hydroxylation is 2. The Kier molecular flexibility index (Phi) is 12.8. The number of rotatable bonds is 1. The highest BCUT2D eigenvalue weighted by molar-refractivity contribution is 6.06. The van der Waals surface area contributed by atoms with Crippen molar-refractivity contribution < 1.29 is 0 Å². The number of benzene rings is 12. The molecule has 0 saturated carbocycles. The molecule has 12 aromatic rings. The van der Waals surface area contributed by atoms with Gasteiger partial charge in [0.25, 0.3) is 0 Å². The van der Waals surface area contributed by atoms with E-state index in [2.05, 4.69) is 353 Å². The van der Waals surface area contributed by atoms with Gasteiger partial charge in [-0.05, 0) is 120 Å². The Hall–Kier alpha value is -11.0. The Morgan fingerprint density at radius 1 is 0.392 bits per heavy atom. The van der Waals surface area contributed by atoms with Crippen molar-refractivity contribution in [2.75, 3.05) is 0 Å². The number of fused-ring (bicyclic) bond motifs is 4. The highest BCUT2D eigenvalue weighted by Gasteiger charge is 2.52. The third-order valence-electron chi connectivity index (χ3n) is 22.4. The van der Waals surface area contributed by atoms with Crippen LogP contribution in [0.5, 0.6) is 0 Å². The molecule has 0 saturated heterocycles. The van der Waals surface area contributed by atoms with Gasteiger partial charge in [0.2, 0.25) is 0 Å². The first-order valence-corrected chi connectivity index (χ1v) is 34.6. The summed E-state index contributed by atoms with van der Waals surface area (Å²) >= 11 is 0. The monoisotopic (exact) mass is 1240 g/mol. The molecule has 97 heavy (non-hydrogen) atoms. The summed E-state index contributed by atoms with van der Waals surface area (Å²) in [5, 5.41) is 7.05. The van der Waals surface area contributed by atoms with Crippen LogP contribution in [0.3, 0.4) is 0 Å².